The zero-order chi connectivity index (χ0) is 16.6. The van der Waals surface area contributed by atoms with Crippen molar-refractivity contribution in [1.82, 2.24) is 0 Å². The topological polar surface area (TPSA) is 0 Å². The molecule has 0 amide bonds. The number of allylic oxidation sites excluding steroid dienone is 3. The Morgan fingerprint density at radius 2 is 1.83 bits per heavy atom. The Morgan fingerprint density at radius 3 is 2.57 bits per heavy atom. The van der Waals surface area contributed by atoms with Crippen molar-refractivity contribution >= 4 is 0 Å². The third kappa shape index (κ3) is 2.75. The van der Waals surface area contributed by atoms with Gasteiger partial charge in [0.05, 0.1) is 0 Å². The molecule has 6 atom stereocenters. The average molecular weight is 315 g/mol. The van der Waals surface area contributed by atoms with Crippen molar-refractivity contribution in [3.63, 3.8) is 0 Å². The maximum atomic E-state index is 4.15. The number of hydrogen-bond acceptors (Lipinski definition) is 0. The molecule has 0 bridgehead atoms. The quantitative estimate of drug-likeness (QED) is 0.450. The third-order valence-corrected chi connectivity index (χ3v) is 7.98. The lowest BCUT2D eigenvalue weighted by atomic mass is 9.53. The molecular formula is C23H38. The Balaban J connectivity index is 0.000000753. The van der Waals surface area contributed by atoms with Crippen LogP contribution in [0.3, 0.4) is 0 Å². The molecular weight excluding hydrogens is 276 g/mol. The Morgan fingerprint density at radius 1 is 1.04 bits per heavy atom. The van der Waals surface area contributed by atoms with Crippen LogP contribution in [0.15, 0.2) is 23.8 Å². The lowest BCUT2D eigenvalue weighted by Crippen LogP contribution is -2.43. The van der Waals surface area contributed by atoms with E-state index in [0.717, 1.165) is 29.6 Å². The Labute approximate surface area is 144 Å². The summed E-state index contributed by atoms with van der Waals surface area (Å²) in [6.45, 7) is 13.2. The van der Waals surface area contributed by atoms with Gasteiger partial charge in [-0.1, -0.05) is 44.9 Å². The number of hydrogen-bond donors (Lipinski definition) is 0. The van der Waals surface area contributed by atoms with E-state index < -0.39 is 0 Å². The third-order valence-electron chi connectivity index (χ3n) is 7.98. The van der Waals surface area contributed by atoms with Gasteiger partial charge in [0.25, 0.3) is 0 Å². The highest BCUT2D eigenvalue weighted by molar-refractivity contribution is 5.27. The summed E-state index contributed by atoms with van der Waals surface area (Å²) in [7, 11) is 0. The summed E-state index contributed by atoms with van der Waals surface area (Å²) in [6.07, 6.45) is 15.4. The van der Waals surface area contributed by atoms with Gasteiger partial charge in [0.15, 0.2) is 0 Å². The molecule has 0 aromatic rings. The van der Waals surface area contributed by atoms with Crippen molar-refractivity contribution in [2.45, 2.75) is 85.5 Å². The van der Waals surface area contributed by atoms with Crippen LogP contribution in [0.25, 0.3) is 0 Å². The zero-order valence-electron chi connectivity index (χ0n) is 16.0. The predicted octanol–water partition coefficient (Wildman–Crippen LogP) is 7.17. The molecule has 23 heavy (non-hydrogen) atoms. The van der Waals surface area contributed by atoms with Gasteiger partial charge < -0.3 is 0 Å². The van der Waals surface area contributed by atoms with Crippen LogP contribution in [-0.2, 0) is 0 Å². The lowest BCUT2D eigenvalue weighted by Gasteiger charge is -2.52. The van der Waals surface area contributed by atoms with Gasteiger partial charge in [0.1, 0.15) is 0 Å². The fourth-order valence-electron chi connectivity index (χ4n) is 6.83. The number of fused-ring (bicyclic) bond motifs is 4. The van der Waals surface area contributed by atoms with Crippen molar-refractivity contribution in [1.29, 1.82) is 0 Å². The molecule has 0 radical (unpaired) electrons. The Hall–Kier alpha value is -0.520. The second-order valence-corrected chi connectivity index (χ2v) is 8.86. The highest BCUT2D eigenvalue weighted by Crippen LogP contribution is 2.63. The second kappa shape index (κ2) is 6.77. The average Bonchev–Trinajstić information content (AvgIpc) is 2.92. The molecule has 0 heteroatoms. The van der Waals surface area contributed by atoms with Crippen LogP contribution < -0.4 is 0 Å². The SMILES string of the molecule is C=C[C@H]1CCC2C3CCC4=C(CCC(C)C4)C3CC[C@@]21C.CC. The van der Waals surface area contributed by atoms with E-state index >= 15 is 0 Å². The van der Waals surface area contributed by atoms with Gasteiger partial charge in [0, 0.05) is 0 Å². The summed E-state index contributed by atoms with van der Waals surface area (Å²) in [5, 5.41) is 0. The van der Waals surface area contributed by atoms with Crippen LogP contribution in [0, 0.1) is 35.0 Å². The van der Waals surface area contributed by atoms with Gasteiger partial charge in [-0.3, -0.25) is 0 Å². The van der Waals surface area contributed by atoms with Crippen LogP contribution in [0.1, 0.15) is 85.5 Å². The highest BCUT2D eigenvalue weighted by atomic mass is 14.6. The summed E-state index contributed by atoms with van der Waals surface area (Å²) < 4.78 is 0. The molecule has 0 N–H and O–H groups in total. The van der Waals surface area contributed by atoms with Crippen molar-refractivity contribution in [3.8, 4) is 0 Å². The molecule has 0 aromatic carbocycles. The van der Waals surface area contributed by atoms with E-state index in [1.165, 1.54) is 57.8 Å². The molecule has 0 heterocycles. The van der Waals surface area contributed by atoms with Gasteiger partial charge >= 0.3 is 0 Å². The van der Waals surface area contributed by atoms with Crippen molar-refractivity contribution < 1.29 is 0 Å². The zero-order valence-corrected chi connectivity index (χ0v) is 16.0. The highest BCUT2D eigenvalue weighted by Gasteiger charge is 2.54. The lowest BCUT2D eigenvalue weighted by molar-refractivity contribution is 0.0236. The van der Waals surface area contributed by atoms with Crippen LogP contribution >= 0.6 is 0 Å². The van der Waals surface area contributed by atoms with Gasteiger partial charge in [0.2, 0.25) is 0 Å². The van der Waals surface area contributed by atoms with Crippen molar-refractivity contribution in [2.75, 3.05) is 0 Å². The normalized spacial score (nSPS) is 45.3. The minimum atomic E-state index is 0.586. The molecule has 0 aliphatic heterocycles. The molecule has 2 saturated carbocycles. The minimum Gasteiger partial charge on any atom is -0.103 e. The van der Waals surface area contributed by atoms with E-state index in [4.69, 9.17) is 0 Å². The van der Waals surface area contributed by atoms with Gasteiger partial charge in [-0.15, -0.1) is 6.58 Å². The first kappa shape index (κ1) is 17.3. The van der Waals surface area contributed by atoms with Crippen LogP contribution in [0.2, 0.25) is 0 Å². The molecule has 0 saturated heterocycles. The fourth-order valence-corrected chi connectivity index (χ4v) is 6.83. The molecule has 0 aromatic heterocycles. The molecule has 0 spiro atoms. The molecule has 4 aliphatic carbocycles. The summed E-state index contributed by atoms with van der Waals surface area (Å²) in [6, 6.07) is 0. The molecule has 4 aliphatic rings. The van der Waals surface area contributed by atoms with Gasteiger partial charge in [-0.25, -0.2) is 0 Å². The minimum absolute atomic E-state index is 0.586. The molecule has 130 valence electrons. The maximum Gasteiger partial charge on any atom is -0.0169 e. The van der Waals surface area contributed by atoms with E-state index in [0.29, 0.717) is 5.41 Å². The van der Waals surface area contributed by atoms with E-state index in [1.807, 2.05) is 25.0 Å². The first-order valence-electron chi connectivity index (χ1n) is 10.5. The molecule has 4 unspecified atom stereocenters. The summed E-state index contributed by atoms with van der Waals surface area (Å²) in [5.74, 6) is 4.73. The Kier molecular flexibility index (Phi) is 5.09. The first-order chi connectivity index (χ1) is 11.1. The number of rotatable bonds is 1. The van der Waals surface area contributed by atoms with Gasteiger partial charge in [-0.05, 0) is 92.8 Å². The molecule has 0 nitrogen and oxygen atoms in total. The largest absolute Gasteiger partial charge is 0.103 e. The van der Waals surface area contributed by atoms with Crippen LogP contribution in [0.4, 0.5) is 0 Å². The van der Waals surface area contributed by atoms with E-state index in [9.17, 15) is 0 Å². The van der Waals surface area contributed by atoms with Gasteiger partial charge in [-0.2, -0.15) is 0 Å². The summed E-state index contributed by atoms with van der Waals surface area (Å²) in [4.78, 5) is 0. The van der Waals surface area contributed by atoms with Crippen LogP contribution in [0.5, 0.6) is 0 Å². The monoisotopic (exact) mass is 314 g/mol. The predicted molar refractivity (Wildman–Crippen MR) is 101 cm³/mol. The van der Waals surface area contributed by atoms with E-state index in [2.05, 4.69) is 26.5 Å². The second-order valence-electron chi connectivity index (χ2n) is 8.86. The van der Waals surface area contributed by atoms with Crippen LogP contribution in [-0.4, -0.2) is 0 Å². The maximum absolute atomic E-state index is 4.15. The Bertz CT molecular complexity index is 470. The van der Waals surface area contributed by atoms with Crippen molar-refractivity contribution in [3.05, 3.63) is 23.8 Å². The molecule has 4 rings (SSSR count). The molecule has 2 fully saturated rings. The van der Waals surface area contributed by atoms with E-state index in [1.54, 1.807) is 0 Å². The van der Waals surface area contributed by atoms with E-state index in [-0.39, 0.29) is 0 Å². The summed E-state index contributed by atoms with van der Waals surface area (Å²) in [5.41, 5.74) is 4.44. The van der Waals surface area contributed by atoms with Crippen molar-refractivity contribution in [2.24, 2.45) is 35.0 Å². The smallest absolute Gasteiger partial charge is 0.0169 e. The fraction of sp³-hybridized carbons (Fsp3) is 0.826. The standard InChI is InChI=1S/C21H32.C2H6/c1-4-16-7-10-20-19-9-6-15-13-14(2)5-8-17(15)18(19)11-12-21(16,20)3;1-2/h4,14,16,18-20H,1,5-13H2,2-3H3;1-2H3/t14?,16-,18?,19?,20?,21+;/m0./s1. The summed E-state index contributed by atoms with van der Waals surface area (Å²) >= 11 is 0. The first-order valence-corrected chi connectivity index (χ1v) is 10.5.